The van der Waals surface area contributed by atoms with Gasteiger partial charge in [-0.25, -0.2) is 0 Å². The van der Waals surface area contributed by atoms with E-state index in [1.807, 2.05) is 18.2 Å². The largest absolute Gasteiger partial charge is 0.457 e. The fourth-order valence-electron chi connectivity index (χ4n) is 1.57. The number of para-hydroxylation sites is 1. The fourth-order valence-corrected chi connectivity index (χ4v) is 1.57. The number of benzene rings is 2. The van der Waals surface area contributed by atoms with E-state index in [0.29, 0.717) is 28.3 Å². The second-order valence-corrected chi connectivity index (χ2v) is 3.73. The molecule has 0 fully saturated rings. The van der Waals surface area contributed by atoms with Crippen LogP contribution in [0.2, 0.25) is 0 Å². The highest BCUT2D eigenvalue weighted by Crippen LogP contribution is 2.27. The SMILES string of the molecule is N#Cc1ccc(Oc2ccccc2CO)cc1N. The van der Waals surface area contributed by atoms with Crippen LogP contribution in [0.3, 0.4) is 0 Å². The van der Waals surface area contributed by atoms with Crippen LogP contribution in [0.5, 0.6) is 11.5 Å². The number of rotatable bonds is 3. The molecule has 0 aliphatic rings. The zero-order chi connectivity index (χ0) is 13.0. The summed E-state index contributed by atoms with van der Waals surface area (Å²) in [6.07, 6.45) is 0. The third-order valence-electron chi connectivity index (χ3n) is 2.51. The van der Waals surface area contributed by atoms with Crippen molar-refractivity contribution in [3.63, 3.8) is 0 Å². The second-order valence-electron chi connectivity index (χ2n) is 3.73. The van der Waals surface area contributed by atoms with Gasteiger partial charge >= 0.3 is 0 Å². The van der Waals surface area contributed by atoms with Crippen molar-refractivity contribution < 1.29 is 9.84 Å². The summed E-state index contributed by atoms with van der Waals surface area (Å²) >= 11 is 0. The summed E-state index contributed by atoms with van der Waals surface area (Å²) < 4.78 is 5.63. The molecule has 4 heteroatoms. The Hall–Kier alpha value is -2.51. The van der Waals surface area contributed by atoms with Crippen LogP contribution in [0.15, 0.2) is 42.5 Å². The van der Waals surface area contributed by atoms with Crippen molar-refractivity contribution in [2.45, 2.75) is 6.61 Å². The maximum Gasteiger partial charge on any atom is 0.132 e. The van der Waals surface area contributed by atoms with Crippen molar-refractivity contribution >= 4 is 5.69 Å². The fraction of sp³-hybridized carbons (Fsp3) is 0.0714. The molecule has 2 aromatic carbocycles. The molecule has 0 unspecified atom stereocenters. The van der Waals surface area contributed by atoms with E-state index >= 15 is 0 Å². The van der Waals surface area contributed by atoms with Gasteiger partial charge in [0.1, 0.15) is 17.6 Å². The van der Waals surface area contributed by atoms with E-state index in [2.05, 4.69) is 0 Å². The van der Waals surface area contributed by atoms with Crippen molar-refractivity contribution in [1.82, 2.24) is 0 Å². The maximum atomic E-state index is 9.19. The number of nitriles is 1. The summed E-state index contributed by atoms with van der Waals surface area (Å²) in [5.41, 5.74) is 7.19. The summed E-state index contributed by atoms with van der Waals surface area (Å²) in [6, 6.07) is 14.0. The van der Waals surface area contributed by atoms with Crippen LogP contribution < -0.4 is 10.5 Å². The van der Waals surface area contributed by atoms with Crippen LogP contribution in [-0.4, -0.2) is 5.11 Å². The van der Waals surface area contributed by atoms with Gasteiger partial charge in [-0.15, -0.1) is 0 Å². The van der Waals surface area contributed by atoms with Crippen LogP contribution >= 0.6 is 0 Å². The molecule has 3 N–H and O–H groups in total. The highest BCUT2D eigenvalue weighted by atomic mass is 16.5. The molecule has 0 saturated carbocycles. The van der Waals surface area contributed by atoms with Gasteiger partial charge in [-0.2, -0.15) is 5.26 Å². The van der Waals surface area contributed by atoms with E-state index in [0.717, 1.165) is 0 Å². The highest BCUT2D eigenvalue weighted by Gasteiger charge is 2.05. The number of nitrogens with two attached hydrogens (primary N) is 1. The minimum Gasteiger partial charge on any atom is -0.457 e. The molecule has 0 aliphatic carbocycles. The highest BCUT2D eigenvalue weighted by molar-refractivity contribution is 5.57. The van der Waals surface area contributed by atoms with E-state index < -0.39 is 0 Å². The van der Waals surface area contributed by atoms with Crippen LogP contribution in [0, 0.1) is 11.3 Å². The lowest BCUT2D eigenvalue weighted by molar-refractivity contribution is 0.276. The first-order valence-corrected chi connectivity index (χ1v) is 5.41. The molecule has 0 aliphatic heterocycles. The maximum absolute atomic E-state index is 9.19. The summed E-state index contributed by atoms with van der Waals surface area (Å²) in [4.78, 5) is 0. The first-order valence-electron chi connectivity index (χ1n) is 5.41. The first-order chi connectivity index (χ1) is 8.74. The monoisotopic (exact) mass is 240 g/mol. The second kappa shape index (κ2) is 5.21. The molecule has 0 aromatic heterocycles. The summed E-state index contributed by atoms with van der Waals surface area (Å²) in [5.74, 6) is 1.11. The van der Waals surface area contributed by atoms with Crippen molar-refractivity contribution in [3.8, 4) is 17.6 Å². The zero-order valence-corrected chi connectivity index (χ0v) is 9.63. The van der Waals surface area contributed by atoms with E-state index in [4.69, 9.17) is 15.7 Å². The Balaban J connectivity index is 2.29. The van der Waals surface area contributed by atoms with Crippen molar-refractivity contribution in [1.29, 1.82) is 5.26 Å². The van der Waals surface area contributed by atoms with E-state index in [9.17, 15) is 5.11 Å². The third-order valence-corrected chi connectivity index (χ3v) is 2.51. The molecule has 4 nitrogen and oxygen atoms in total. The molecular weight excluding hydrogens is 228 g/mol. The number of aliphatic hydroxyl groups excluding tert-OH is 1. The van der Waals surface area contributed by atoms with Gasteiger partial charge in [-0.1, -0.05) is 18.2 Å². The van der Waals surface area contributed by atoms with Gasteiger partial charge in [0.05, 0.1) is 17.9 Å². The first kappa shape index (κ1) is 12.0. The van der Waals surface area contributed by atoms with Crippen LogP contribution in [0.1, 0.15) is 11.1 Å². The molecule has 2 aromatic rings. The lowest BCUT2D eigenvalue weighted by Crippen LogP contribution is -1.94. The quantitative estimate of drug-likeness (QED) is 0.807. The van der Waals surface area contributed by atoms with Gasteiger partial charge in [-0.3, -0.25) is 0 Å². The molecule has 0 saturated heterocycles. The number of nitrogens with zero attached hydrogens (tertiary/aromatic N) is 1. The Morgan fingerprint density at radius 1 is 1.22 bits per heavy atom. The predicted octanol–water partition coefficient (Wildman–Crippen LogP) is 2.43. The zero-order valence-electron chi connectivity index (χ0n) is 9.63. The minimum absolute atomic E-state index is 0.0953. The van der Waals surface area contributed by atoms with Gasteiger partial charge < -0.3 is 15.6 Å². The van der Waals surface area contributed by atoms with Crippen LogP contribution in [0.4, 0.5) is 5.69 Å². The Bertz CT molecular complexity index is 603. The minimum atomic E-state index is -0.0953. The standard InChI is InChI=1S/C14H12N2O2/c15-8-10-5-6-12(7-13(10)16)18-14-4-2-1-3-11(14)9-17/h1-7,17H,9,16H2. The molecule has 2 rings (SSSR count). The number of anilines is 1. The molecule has 0 atom stereocenters. The van der Waals surface area contributed by atoms with Crippen molar-refractivity contribution in [2.75, 3.05) is 5.73 Å². The van der Waals surface area contributed by atoms with Crippen molar-refractivity contribution in [3.05, 3.63) is 53.6 Å². The van der Waals surface area contributed by atoms with Crippen LogP contribution in [-0.2, 0) is 6.61 Å². The summed E-state index contributed by atoms with van der Waals surface area (Å²) in [5, 5.41) is 18.0. The van der Waals surface area contributed by atoms with E-state index in [1.165, 1.54) is 0 Å². The summed E-state index contributed by atoms with van der Waals surface area (Å²) in [6.45, 7) is -0.0953. The smallest absolute Gasteiger partial charge is 0.132 e. The Morgan fingerprint density at radius 3 is 2.67 bits per heavy atom. The lowest BCUT2D eigenvalue weighted by atomic mass is 10.2. The van der Waals surface area contributed by atoms with Crippen molar-refractivity contribution in [2.24, 2.45) is 0 Å². The van der Waals surface area contributed by atoms with Gasteiger partial charge in [0, 0.05) is 11.6 Å². The molecule has 0 bridgehead atoms. The Kier molecular flexibility index (Phi) is 3.46. The van der Waals surface area contributed by atoms with Gasteiger partial charge in [0.2, 0.25) is 0 Å². The van der Waals surface area contributed by atoms with Crippen LogP contribution in [0.25, 0.3) is 0 Å². The number of nitrogen functional groups attached to an aromatic ring is 1. The molecule has 0 amide bonds. The number of hydrogen-bond acceptors (Lipinski definition) is 4. The van der Waals surface area contributed by atoms with Gasteiger partial charge in [0.15, 0.2) is 0 Å². The topological polar surface area (TPSA) is 79.3 Å². The predicted molar refractivity (Wildman–Crippen MR) is 68.0 cm³/mol. The Labute approximate surface area is 105 Å². The number of ether oxygens (including phenoxy) is 1. The average Bonchev–Trinajstić information content (AvgIpc) is 2.39. The number of aliphatic hydroxyl groups is 1. The molecule has 0 radical (unpaired) electrons. The molecule has 18 heavy (non-hydrogen) atoms. The molecule has 0 spiro atoms. The van der Waals surface area contributed by atoms with E-state index in [1.54, 1.807) is 30.3 Å². The number of hydrogen-bond donors (Lipinski definition) is 2. The summed E-state index contributed by atoms with van der Waals surface area (Å²) in [7, 11) is 0. The van der Waals surface area contributed by atoms with Gasteiger partial charge in [-0.05, 0) is 18.2 Å². The van der Waals surface area contributed by atoms with E-state index in [-0.39, 0.29) is 6.61 Å². The lowest BCUT2D eigenvalue weighted by Gasteiger charge is -2.10. The average molecular weight is 240 g/mol. The molecule has 0 heterocycles. The molecular formula is C14H12N2O2. The molecule has 90 valence electrons. The third kappa shape index (κ3) is 2.42. The van der Waals surface area contributed by atoms with Gasteiger partial charge in [0.25, 0.3) is 0 Å². The Morgan fingerprint density at radius 2 is 2.00 bits per heavy atom. The normalized spacial score (nSPS) is 9.78.